The van der Waals surface area contributed by atoms with Gasteiger partial charge in [0.2, 0.25) is 5.91 Å². The lowest BCUT2D eigenvalue weighted by molar-refractivity contribution is -0.135. The van der Waals surface area contributed by atoms with Crippen molar-refractivity contribution in [3.63, 3.8) is 0 Å². The number of amides is 4. The van der Waals surface area contributed by atoms with Gasteiger partial charge in [0, 0.05) is 11.1 Å². The number of rotatable bonds is 8. The van der Waals surface area contributed by atoms with E-state index in [4.69, 9.17) is 11.6 Å². The second-order valence-electron chi connectivity index (χ2n) is 7.53. The van der Waals surface area contributed by atoms with Crippen molar-refractivity contribution in [3.8, 4) is 0 Å². The second kappa shape index (κ2) is 8.74. The molecule has 1 heterocycles. The molecule has 27 heavy (non-hydrogen) atoms. The molecule has 0 saturated carbocycles. The third-order valence-electron chi connectivity index (χ3n) is 4.93. The van der Waals surface area contributed by atoms with Gasteiger partial charge in [-0.25, -0.2) is 4.79 Å². The van der Waals surface area contributed by atoms with E-state index in [-0.39, 0.29) is 18.5 Å². The zero-order valence-electron chi connectivity index (χ0n) is 16.3. The van der Waals surface area contributed by atoms with Crippen LogP contribution in [0, 0.1) is 5.92 Å². The average molecular weight is 394 g/mol. The summed E-state index contributed by atoms with van der Waals surface area (Å²) in [7, 11) is 0. The normalized spacial score (nSPS) is 20.7. The van der Waals surface area contributed by atoms with E-state index < -0.39 is 17.5 Å². The highest BCUT2D eigenvalue weighted by Gasteiger charge is 2.51. The van der Waals surface area contributed by atoms with Gasteiger partial charge >= 0.3 is 6.03 Å². The molecule has 0 spiro atoms. The molecular formula is C20H28ClN3O3. The van der Waals surface area contributed by atoms with Crippen molar-refractivity contribution < 1.29 is 14.4 Å². The molecule has 4 amide bonds. The number of carbonyl (C=O) groups is 3. The van der Waals surface area contributed by atoms with Crippen LogP contribution in [-0.2, 0) is 15.1 Å². The second-order valence-corrected chi connectivity index (χ2v) is 7.96. The predicted molar refractivity (Wildman–Crippen MR) is 105 cm³/mol. The summed E-state index contributed by atoms with van der Waals surface area (Å²) in [6.07, 6.45) is 2.23. The zero-order chi connectivity index (χ0) is 20.2. The fraction of sp³-hybridized carbons (Fsp3) is 0.550. The summed E-state index contributed by atoms with van der Waals surface area (Å²) in [6, 6.07) is 6.25. The molecule has 1 saturated heterocycles. The lowest BCUT2D eigenvalue weighted by Gasteiger charge is -2.26. The van der Waals surface area contributed by atoms with Crippen LogP contribution in [0.25, 0.3) is 0 Å². The van der Waals surface area contributed by atoms with E-state index in [1.165, 1.54) is 0 Å². The lowest BCUT2D eigenvalue weighted by atomic mass is 9.87. The van der Waals surface area contributed by atoms with Crippen molar-refractivity contribution in [2.24, 2.45) is 5.92 Å². The molecule has 2 atom stereocenters. The van der Waals surface area contributed by atoms with E-state index in [0.29, 0.717) is 22.9 Å². The topological polar surface area (TPSA) is 78.5 Å². The molecular weight excluding hydrogens is 366 g/mol. The smallest absolute Gasteiger partial charge is 0.325 e. The first-order valence-corrected chi connectivity index (χ1v) is 9.77. The average Bonchev–Trinajstić information content (AvgIpc) is 2.85. The van der Waals surface area contributed by atoms with Crippen LogP contribution in [0.3, 0.4) is 0 Å². The van der Waals surface area contributed by atoms with Crippen LogP contribution >= 0.6 is 11.6 Å². The summed E-state index contributed by atoms with van der Waals surface area (Å²) in [5, 5.41) is 6.18. The minimum absolute atomic E-state index is 0.00661. The molecule has 0 aromatic heterocycles. The van der Waals surface area contributed by atoms with Gasteiger partial charge in [-0.1, -0.05) is 44.5 Å². The molecule has 1 aromatic carbocycles. The first kappa shape index (κ1) is 21.2. The highest BCUT2D eigenvalue weighted by molar-refractivity contribution is 6.30. The van der Waals surface area contributed by atoms with Crippen LogP contribution in [0.5, 0.6) is 0 Å². The summed E-state index contributed by atoms with van der Waals surface area (Å²) in [6.45, 7) is 7.72. The molecule has 0 aliphatic carbocycles. The fourth-order valence-corrected chi connectivity index (χ4v) is 3.39. The zero-order valence-corrected chi connectivity index (χ0v) is 17.1. The van der Waals surface area contributed by atoms with Gasteiger partial charge in [0.25, 0.3) is 5.91 Å². The summed E-state index contributed by atoms with van der Waals surface area (Å²) < 4.78 is 0. The van der Waals surface area contributed by atoms with E-state index in [9.17, 15) is 14.4 Å². The number of urea groups is 1. The van der Waals surface area contributed by atoms with Crippen molar-refractivity contribution in [1.82, 2.24) is 15.5 Å². The summed E-state index contributed by atoms with van der Waals surface area (Å²) >= 11 is 5.93. The number of hydrogen-bond donors (Lipinski definition) is 2. The van der Waals surface area contributed by atoms with E-state index in [0.717, 1.165) is 17.7 Å². The maximum absolute atomic E-state index is 13.0. The Bertz CT molecular complexity index is 705. The van der Waals surface area contributed by atoms with Gasteiger partial charge in [-0.3, -0.25) is 14.5 Å². The molecule has 7 heteroatoms. The Morgan fingerprint density at radius 2 is 1.81 bits per heavy atom. The van der Waals surface area contributed by atoms with Crippen LogP contribution in [-0.4, -0.2) is 35.3 Å². The minimum Gasteiger partial charge on any atom is -0.352 e. The van der Waals surface area contributed by atoms with Crippen molar-refractivity contribution in [1.29, 1.82) is 0 Å². The number of imide groups is 1. The molecule has 1 fully saturated rings. The van der Waals surface area contributed by atoms with Gasteiger partial charge in [-0.05, 0) is 49.8 Å². The van der Waals surface area contributed by atoms with Crippen molar-refractivity contribution in [3.05, 3.63) is 34.9 Å². The quantitative estimate of drug-likeness (QED) is 0.664. The first-order valence-electron chi connectivity index (χ1n) is 9.39. The molecule has 6 nitrogen and oxygen atoms in total. The Kier molecular flexibility index (Phi) is 6.87. The van der Waals surface area contributed by atoms with Gasteiger partial charge in [0.15, 0.2) is 0 Å². The number of nitrogens with one attached hydrogen (secondary N) is 2. The Labute approximate surface area is 165 Å². The Balaban J connectivity index is 2.08. The first-order chi connectivity index (χ1) is 12.7. The van der Waals surface area contributed by atoms with E-state index in [1.54, 1.807) is 24.3 Å². The Morgan fingerprint density at radius 3 is 2.37 bits per heavy atom. The Morgan fingerprint density at radius 1 is 1.19 bits per heavy atom. The molecule has 2 unspecified atom stereocenters. The number of carbonyl (C=O) groups excluding carboxylic acids is 3. The number of nitrogens with zero attached hydrogens (tertiary/aromatic N) is 1. The van der Waals surface area contributed by atoms with Crippen molar-refractivity contribution in [2.75, 3.05) is 6.54 Å². The maximum Gasteiger partial charge on any atom is 0.325 e. The van der Waals surface area contributed by atoms with Crippen LogP contribution in [0.4, 0.5) is 4.79 Å². The van der Waals surface area contributed by atoms with E-state index in [1.807, 2.05) is 13.8 Å². The molecule has 1 aromatic rings. The van der Waals surface area contributed by atoms with Gasteiger partial charge in [0.05, 0.1) is 0 Å². The molecule has 2 N–H and O–H groups in total. The molecule has 1 aliphatic heterocycles. The monoisotopic (exact) mass is 393 g/mol. The van der Waals surface area contributed by atoms with Crippen molar-refractivity contribution in [2.45, 2.75) is 58.5 Å². The van der Waals surface area contributed by atoms with E-state index >= 15 is 0 Å². The van der Waals surface area contributed by atoms with Crippen LogP contribution in [0.2, 0.25) is 5.02 Å². The van der Waals surface area contributed by atoms with Gasteiger partial charge in [-0.15, -0.1) is 0 Å². The van der Waals surface area contributed by atoms with Gasteiger partial charge < -0.3 is 10.6 Å². The number of hydrogen-bond acceptors (Lipinski definition) is 3. The maximum atomic E-state index is 13.0. The third kappa shape index (κ3) is 4.80. The predicted octanol–water partition coefficient (Wildman–Crippen LogP) is 3.44. The molecule has 148 valence electrons. The van der Waals surface area contributed by atoms with Gasteiger partial charge in [0.1, 0.15) is 12.1 Å². The van der Waals surface area contributed by atoms with E-state index in [2.05, 4.69) is 24.5 Å². The highest BCUT2D eigenvalue weighted by atomic mass is 35.5. The molecule has 0 bridgehead atoms. The van der Waals surface area contributed by atoms with Crippen LogP contribution < -0.4 is 10.6 Å². The number of halogens is 1. The largest absolute Gasteiger partial charge is 0.352 e. The van der Waals surface area contributed by atoms with Crippen molar-refractivity contribution >= 4 is 29.4 Å². The SMILES string of the molecule is CCC1(c2ccc(Cl)cc2)NC(=O)N(CC(=O)NC(C)CCC(C)C)C1=O. The summed E-state index contributed by atoms with van der Waals surface area (Å²) in [5.41, 5.74) is -0.508. The molecule has 2 rings (SSSR count). The highest BCUT2D eigenvalue weighted by Crippen LogP contribution is 2.33. The molecule has 0 radical (unpaired) electrons. The van der Waals surface area contributed by atoms with Crippen LogP contribution in [0.15, 0.2) is 24.3 Å². The summed E-state index contributed by atoms with van der Waals surface area (Å²) in [5.74, 6) is -0.195. The van der Waals surface area contributed by atoms with Gasteiger partial charge in [-0.2, -0.15) is 0 Å². The summed E-state index contributed by atoms with van der Waals surface area (Å²) in [4.78, 5) is 38.8. The standard InChI is InChI=1S/C20H28ClN3O3/c1-5-20(15-8-10-16(21)11-9-15)18(26)24(19(27)23-20)12-17(25)22-14(4)7-6-13(2)3/h8-11,13-14H,5-7,12H2,1-4H3,(H,22,25)(H,23,27). The Hall–Kier alpha value is -2.08. The van der Waals surface area contributed by atoms with Crippen LogP contribution in [0.1, 0.15) is 52.5 Å². The third-order valence-corrected chi connectivity index (χ3v) is 5.18. The number of benzene rings is 1. The fourth-order valence-electron chi connectivity index (χ4n) is 3.26. The lowest BCUT2D eigenvalue weighted by Crippen LogP contribution is -2.45. The molecule has 1 aliphatic rings. The minimum atomic E-state index is -1.16.